The molecule has 0 aliphatic rings. The lowest BCUT2D eigenvalue weighted by Crippen LogP contribution is -2.06. The summed E-state index contributed by atoms with van der Waals surface area (Å²) >= 11 is 0.0396. The van der Waals surface area contributed by atoms with Crippen LogP contribution in [-0.2, 0) is 9.53 Å². The van der Waals surface area contributed by atoms with Crippen molar-refractivity contribution in [1.29, 1.82) is 0 Å². The molecule has 56 valence electrons. The first kappa shape index (κ1) is 9.74. The van der Waals surface area contributed by atoms with Crippen molar-refractivity contribution in [2.45, 2.75) is 18.0 Å². The molecule has 0 saturated carbocycles. The molecule has 0 atom stereocenters. The molecule has 0 saturated heterocycles. The maximum absolute atomic E-state index is 10.7. The molecule has 0 heterocycles. The van der Waals surface area contributed by atoms with Gasteiger partial charge in [0.25, 0.3) is 0 Å². The number of carbonyl (C=O) groups is 1. The van der Waals surface area contributed by atoms with Crippen LogP contribution in [0.3, 0.4) is 0 Å². The van der Waals surface area contributed by atoms with Crippen LogP contribution in [0.2, 0.25) is 11.1 Å². The van der Waals surface area contributed by atoms with Crippen molar-refractivity contribution in [3.05, 3.63) is 12.2 Å². The molecule has 10 heavy (non-hydrogen) atoms. The van der Waals surface area contributed by atoms with Gasteiger partial charge in [-0.15, -0.1) is 5.79 Å². The zero-order valence-electron chi connectivity index (χ0n) is 6.64. The van der Waals surface area contributed by atoms with Crippen LogP contribution in [0.25, 0.3) is 0 Å². The SMILES string of the molecule is C=C(C)C(=O)OC[CH2][AlH][CH3]. The van der Waals surface area contributed by atoms with E-state index < -0.39 is 0 Å². The van der Waals surface area contributed by atoms with E-state index in [1.54, 1.807) is 6.92 Å². The Bertz CT molecular complexity index is 132. The predicted octanol–water partition coefficient (Wildman–Crippen LogP) is 1.01. The summed E-state index contributed by atoms with van der Waals surface area (Å²) in [5, 5.41) is 1.07. The highest BCUT2D eigenvalue weighted by Crippen LogP contribution is 1.92. The van der Waals surface area contributed by atoms with Gasteiger partial charge in [0.15, 0.2) is 0 Å². The lowest BCUT2D eigenvalue weighted by molar-refractivity contribution is -0.138. The molecule has 0 amide bonds. The van der Waals surface area contributed by atoms with Crippen LogP contribution >= 0.6 is 0 Å². The van der Waals surface area contributed by atoms with E-state index in [9.17, 15) is 4.79 Å². The summed E-state index contributed by atoms with van der Waals surface area (Å²) in [5.74, 6) is 1.93. The van der Waals surface area contributed by atoms with Crippen LogP contribution in [0.4, 0.5) is 0 Å². The molecule has 0 rings (SSSR count). The molecule has 2 nitrogen and oxygen atoms in total. The number of carbonyl (C=O) groups excluding carboxylic acids is 1. The van der Waals surface area contributed by atoms with Crippen molar-refractivity contribution in [1.82, 2.24) is 0 Å². The first-order valence-corrected chi connectivity index (χ1v) is 5.92. The lowest BCUT2D eigenvalue weighted by Gasteiger charge is -2.00. The van der Waals surface area contributed by atoms with Crippen molar-refractivity contribution in [3.63, 3.8) is 0 Å². The average Bonchev–Trinajstić information content (AvgIpc) is 1.88. The van der Waals surface area contributed by atoms with E-state index in [2.05, 4.69) is 12.4 Å². The number of hydrogen-bond donors (Lipinski definition) is 0. The first-order valence-electron chi connectivity index (χ1n) is 3.51. The highest BCUT2D eigenvalue weighted by Gasteiger charge is 2.00. The fourth-order valence-electron chi connectivity index (χ4n) is 0.432. The molecule has 0 fully saturated rings. The van der Waals surface area contributed by atoms with E-state index in [4.69, 9.17) is 4.74 Å². The van der Waals surface area contributed by atoms with Gasteiger partial charge in [-0.05, 0) is 6.92 Å². The number of esters is 1. The van der Waals surface area contributed by atoms with Crippen molar-refractivity contribution in [2.75, 3.05) is 6.61 Å². The second-order valence-electron chi connectivity index (χ2n) is 2.27. The first-order chi connectivity index (χ1) is 4.68. The molecular weight excluding hydrogens is 143 g/mol. The van der Waals surface area contributed by atoms with Crippen molar-refractivity contribution < 1.29 is 9.53 Å². The minimum Gasteiger partial charge on any atom is -0.464 e. The maximum Gasteiger partial charge on any atom is 0.333 e. The summed E-state index contributed by atoms with van der Waals surface area (Å²) in [7, 11) is 0. The Labute approximate surface area is 68.0 Å². The molecule has 0 aromatic heterocycles. The fraction of sp³-hybridized carbons (Fsp3) is 0.571. The van der Waals surface area contributed by atoms with Crippen molar-refractivity contribution in [2.24, 2.45) is 0 Å². The van der Waals surface area contributed by atoms with Crippen LogP contribution in [0.15, 0.2) is 12.2 Å². The van der Waals surface area contributed by atoms with Gasteiger partial charge >= 0.3 is 5.97 Å². The predicted molar refractivity (Wildman–Crippen MR) is 43.6 cm³/mol. The Hall–Kier alpha value is -0.258. The largest absolute Gasteiger partial charge is 0.464 e. The summed E-state index contributed by atoms with van der Waals surface area (Å²) in [6.45, 7) is 5.71. The van der Waals surface area contributed by atoms with Crippen LogP contribution in [0, 0.1) is 0 Å². The number of rotatable bonds is 4. The Morgan fingerprint density at radius 3 is 2.70 bits per heavy atom. The van der Waals surface area contributed by atoms with Crippen molar-refractivity contribution in [3.8, 4) is 0 Å². The standard InChI is InChI=1S/C6H9O2.CH3.Al.H/c1-4-8-6(7)5(2)3;;;/h1-2,4H2,3H3;1H3;;. The molecule has 0 aromatic carbocycles. The topological polar surface area (TPSA) is 26.3 Å². The Morgan fingerprint density at radius 2 is 2.30 bits per heavy atom. The second kappa shape index (κ2) is 5.52. The molecule has 0 bridgehead atoms. The van der Waals surface area contributed by atoms with Crippen LogP contribution in [-0.4, -0.2) is 27.8 Å². The van der Waals surface area contributed by atoms with Gasteiger partial charge in [-0.25, -0.2) is 4.79 Å². The molecule has 0 aliphatic heterocycles. The second-order valence-corrected chi connectivity index (χ2v) is 3.98. The van der Waals surface area contributed by atoms with Gasteiger partial charge in [-0.2, -0.15) is 0 Å². The van der Waals surface area contributed by atoms with Gasteiger partial charge in [-0.1, -0.05) is 11.9 Å². The monoisotopic (exact) mass is 156 g/mol. The minimum atomic E-state index is -0.262. The number of ether oxygens (including phenoxy) is 1. The van der Waals surface area contributed by atoms with Gasteiger partial charge < -0.3 is 4.74 Å². The molecule has 0 aliphatic carbocycles. The third-order valence-electron chi connectivity index (χ3n) is 1.08. The molecular formula is C7H13AlO2. The minimum absolute atomic E-state index is 0.0396. The Balaban J connectivity index is 3.31. The van der Waals surface area contributed by atoms with E-state index in [0.717, 1.165) is 5.28 Å². The molecule has 0 aromatic rings. The highest BCUT2D eigenvalue weighted by atomic mass is 27.1. The molecule has 0 N–H and O–H groups in total. The molecule has 0 spiro atoms. The van der Waals surface area contributed by atoms with E-state index in [-0.39, 0.29) is 21.2 Å². The van der Waals surface area contributed by atoms with Crippen LogP contribution < -0.4 is 0 Å². The molecule has 3 heteroatoms. The smallest absolute Gasteiger partial charge is 0.333 e. The zero-order chi connectivity index (χ0) is 7.98. The quantitative estimate of drug-likeness (QED) is 0.263. The van der Waals surface area contributed by atoms with Crippen LogP contribution in [0.5, 0.6) is 0 Å². The lowest BCUT2D eigenvalue weighted by atomic mass is 10.4. The van der Waals surface area contributed by atoms with E-state index in [0.29, 0.717) is 12.2 Å². The van der Waals surface area contributed by atoms with Crippen molar-refractivity contribution >= 4 is 21.2 Å². The highest BCUT2D eigenvalue weighted by molar-refractivity contribution is 6.33. The number of hydrogen-bond acceptors (Lipinski definition) is 2. The fourth-order valence-corrected chi connectivity index (χ4v) is 0.865. The summed E-state index contributed by atoms with van der Waals surface area (Å²) in [6.07, 6.45) is 0. The summed E-state index contributed by atoms with van der Waals surface area (Å²) in [4.78, 5) is 10.7. The summed E-state index contributed by atoms with van der Waals surface area (Å²) in [5.41, 5.74) is 0.484. The normalized spacial score (nSPS) is 8.60. The van der Waals surface area contributed by atoms with Gasteiger partial charge in [0, 0.05) is 5.57 Å². The maximum atomic E-state index is 10.7. The Kier molecular flexibility index (Phi) is 5.38. The molecule has 0 radical (unpaired) electrons. The average molecular weight is 156 g/mol. The van der Waals surface area contributed by atoms with Gasteiger partial charge in [0.05, 0.1) is 6.61 Å². The zero-order valence-corrected chi connectivity index (χ0v) is 8.06. The van der Waals surface area contributed by atoms with Gasteiger partial charge in [0.2, 0.25) is 15.2 Å². The van der Waals surface area contributed by atoms with E-state index in [1.807, 2.05) is 0 Å². The van der Waals surface area contributed by atoms with E-state index >= 15 is 0 Å². The Morgan fingerprint density at radius 1 is 1.70 bits per heavy atom. The van der Waals surface area contributed by atoms with Crippen LogP contribution in [0.1, 0.15) is 6.92 Å². The van der Waals surface area contributed by atoms with Gasteiger partial charge in [-0.3, -0.25) is 0 Å². The summed E-state index contributed by atoms with van der Waals surface area (Å²) < 4.78 is 4.84. The molecule has 0 unspecified atom stereocenters. The third kappa shape index (κ3) is 4.61. The van der Waals surface area contributed by atoms with Gasteiger partial charge in [0.1, 0.15) is 0 Å². The third-order valence-corrected chi connectivity index (χ3v) is 2.08. The van der Waals surface area contributed by atoms with E-state index in [1.165, 1.54) is 0 Å². The summed E-state index contributed by atoms with van der Waals surface area (Å²) in [6, 6.07) is 0.